The van der Waals surface area contributed by atoms with E-state index in [2.05, 4.69) is 11.8 Å². The molecule has 1 aromatic rings. The first-order valence-electron chi connectivity index (χ1n) is 7.90. The largest absolute Gasteiger partial charge is 0.444 e. The fourth-order valence-corrected chi connectivity index (χ4v) is 2.38. The zero-order valence-electron chi connectivity index (χ0n) is 14.0. The number of ketones is 1. The van der Waals surface area contributed by atoms with Crippen LogP contribution in [0.25, 0.3) is 0 Å². The first-order chi connectivity index (χ1) is 10.8. The minimum atomic E-state index is -0.527. The number of carbonyl (C=O) groups excluding carboxylic acids is 2. The third-order valence-electron chi connectivity index (χ3n) is 3.53. The molecular weight excluding hydrogens is 290 g/mol. The number of carbonyl (C=O) groups is 2. The van der Waals surface area contributed by atoms with Gasteiger partial charge in [0.05, 0.1) is 0 Å². The van der Waals surface area contributed by atoms with Crippen molar-refractivity contribution in [3.8, 4) is 11.8 Å². The number of benzene rings is 1. The van der Waals surface area contributed by atoms with E-state index in [1.165, 1.54) is 0 Å². The highest BCUT2D eigenvalue weighted by molar-refractivity contribution is 5.84. The Bertz CT molecular complexity index is 620. The zero-order valence-corrected chi connectivity index (χ0v) is 14.0. The summed E-state index contributed by atoms with van der Waals surface area (Å²) in [5.74, 6) is 6.06. The van der Waals surface area contributed by atoms with Gasteiger partial charge in [0.15, 0.2) is 0 Å². The highest BCUT2D eigenvalue weighted by atomic mass is 16.6. The molecule has 1 unspecified atom stereocenters. The molecule has 0 bridgehead atoms. The summed E-state index contributed by atoms with van der Waals surface area (Å²) in [4.78, 5) is 25.8. The first-order valence-corrected chi connectivity index (χ1v) is 7.90. The summed E-state index contributed by atoms with van der Waals surface area (Å²) < 4.78 is 5.37. The van der Waals surface area contributed by atoms with Crippen LogP contribution < -0.4 is 0 Å². The molecule has 4 nitrogen and oxygen atoms in total. The second-order valence-corrected chi connectivity index (χ2v) is 6.71. The minimum absolute atomic E-state index is 0.173. The van der Waals surface area contributed by atoms with Crippen LogP contribution >= 0.6 is 0 Å². The number of likely N-dealkylation sites (tertiary alicyclic amines) is 1. The van der Waals surface area contributed by atoms with E-state index in [1.54, 1.807) is 4.90 Å². The molecule has 2 rings (SSSR count). The smallest absolute Gasteiger partial charge is 0.410 e. The number of Topliss-reactive ketones (excluding diaryl/α,β-unsaturated/α-hetero) is 1. The van der Waals surface area contributed by atoms with Gasteiger partial charge < -0.3 is 9.64 Å². The van der Waals surface area contributed by atoms with Gasteiger partial charge >= 0.3 is 6.09 Å². The summed E-state index contributed by atoms with van der Waals surface area (Å²) in [6.07, 6.45) is 0.482. The van der Waals surface area contributed by atoms with E-state index in [9.17, 15) is 9.59 Å². The van der Waals surface area contributed by atoms with Crippen molar-refractivity contribution >= 4 is 11.9 Å². The topological polar surface area (TPSA) is 46.6 Å². The van der Waals surface area contributed by atoms with Gasteiger partial charge in [0.25, 0.3) is 0 Å². The Morgan fingerprint density at radius 3 is 2.65 bits per heavy atom. The number of ether oxygens (including phenoxy) is 1. The van der Waals surface area contributed by atoms with Crippen molar-refractivity contribution in [1.29, 1.82) is 0 Å². The van der Waals surface area contributed by atoms with Gasteiger partial charge in [-0.3, -0.25) is 4.79 Å². The van der Waals surface area contributed by atoms with Crippen LogP contribution in [-0.2, 0) is 9.53 Å². The summed E-state index contributed by atoms with van der Waals surface area (Å²) in [7, 11) is 0. The molecule has 0 radical (unpaired) electrons. The number of piperidine rings is 1. The Morgan fingerprint density at radius 1 is 1.30 bits per heavy atom. The predicted molar refractivity (Wildman–Crippen MR) is 88.9 cm³/mol. The maximum atomic E-state index is 12.1. The number of nitrogens with zero attached hydrogens (tertiary/aromatic N) is 1. The number of amides is 1. The Balaban J connectivity index is 1.95. The molecule has 1 amide bonds. The first kappa shape index (κ1) is 17.1. The minimum Gasteiger partial charge on any atom is -0.444 e. The van der Waals surface area contributed by atoms with Crippen LogP contribution in [0.4, 0.5) is 4.79 Å². The molecule has 0 N–H and O–H groups in total. The van der Waals surface area contributed by atoms with Gasteiger partial charge in [-0.1, -0.05) is 30.0 Å². The van der Waals surface area contributed by atoms with E-state index < -0.39 is 5.60 Å². The van der Waals surface area contributed by atoms with Crippen LogP contribution in [0.5, 0.6) is 0 Å². The van der Waals surface area contributed by atoms with Crippen molar-refractivity contribution in [3.05, 3.63) is 35.9 Å². The summed E-state index contributed by atoms with van der Waals surface area (Å²) in [5, 5.41) is 0. The molecule has 1 fully saturated rings. The lowest BCUT2D eigenvalue weighted by Gasteiger charge is -2.32. The molecule has 1 aliphatic rings. The van der Waals surface area contributed by atoms with Gasteiger partial charge in [-0.05, 0) is 32.9 Å². The summed E-state index contributed by atoms with van der Waals surface area (Å²) >= 11 is 0. The van der Waals surface area contributed by atoms with E-state index in [-0.39, 0.29) is 17.8 Å². The van der Waals surface area contributed by atoms with Gasteiger partial charge in [0, 0.05) is 37.4 Å². The second-order valence-electron chi connectivity index (χ2n) is 6.71. The third-order valence-corrected chi connectivity index (χ3v) is 3.53. The van der Waals surface area contributed by atoms with Crippen molar-refractivity contribution in [2.75, 3.05) is 13.1 Å². The molecule has 1 saturated heterocycles. The normalized spacial score (nSPS) is 18.1. The fraction of sp³-hybridized carbons (Fsp3) is 0.474. The molecule has 0 spiro atoms. The van der Waals surface area contributed by atoms with Crippen LogP contribution in [-0.4, -0.2) is 35.5 Å². The van der Waals surface area contributed by atoms with Crippen LogP contribution in [0.15, 0.2) is 30.3 Å². The van der Waals surface area contributed by atoms with Crippen molar-refractivity contribution in [2.24, 2.45) is 5.92 Å². The fourth-order valence-electron chi connectivity index (χ4n) is 2.38. The standard InChI is InChI=1S/C19H23NO3/c1-19(2,3)23-18(22)20-13-12-17(21)16(14-20)11-7-10-15-8-5-4-6-9-15/h4-6,8-9,16H,11-14H2,1-3H3. The van der Waals surface area contributed by atoms with Crippen LogP contribution in [0.3, 0.4) is 0 Å². The maximum Gasteiger partial charge on any atom is 0.410 e. The quantitative estimate of drug-likeness (QED) is 0.748. The highest BCUT2D eigenvalue weighted by Gasteiger charge is 2.31. The number of hydrogen-bond acceptors (Lipinski definition) is 3. The van der Waals surface area contributed by atoms with Gasteiger partial charge in [-0.15, -0.1) is 0 Å². The Morgan fingerprint density at radius 2 is 2.00 bits per heavy atom. The molecule has 0 aliphatic carbocycles. The van der Waals surface area contributed by atoms with Crippen LogP contribution in [0, 0.1) is 17.8 Å². The van der Waals surface area contributed by atoms with Crippen molar-refractivity contribution in [2.45, 2.75) is 39.2 Å². The lowest BCUT2D eigenvalue weighted by molar-refractivity contribution is -0.125. The molecule has 1 atom stereocenters. The van der Waals surface area contributed by atoms with Gasteiger partial charge in [-0.25, -0.2) is 4.79 Å². The molecule has 0 saturated carbocycles. The van der Waals surface area contributed by atoms with Crippen LogP contribution in [0.1, 0.15) is 39.2 Å². The number of hydrogen-bond donors (Lipinski definition) is 0. The van der Waals surface area contributed by atoms with E-state index in [4.69, 9.17) is 4.74 Å². The number of rotatable bonds is 1. The Labute approximate surface area is 137 Å². The maximum absolute atomic E-state index is 12.1. The van der Waals surface area contributed by atoms with Gasteiger partial charge in [-0.2, -0.15) is 0 Å². The molecule has 23 heavy (non-hydrogen) atoms. The molecule has 0 aromatic heterocycles. The predicted octanol–water partition coefficient (Wildman–Crippen LogP) is 3.25. The molecule has 1 aromatic carbocycles. The average Bonchev–Trinajstić information content (AvgIpc) is 2.48. The molecular formula is C19H23NO3. The summed E-state index contributed by atoms with van der Waals surface area (Å²) in [5.41, 5.74) is 0.404. The molecule has 1 aliphatic heterocycles. The van der Waals surface area contributed by atoms with Crippen molar-refractivity contribution < 1.29 is 14.3 Å². The average molecular weight is 313 g/mol. The van der Waals surface area contributed by atoms with E-state index in [1.807, 2.05) is 51.1 Å². The Kier molecular flexibility index (Phi) is 5.44. The van der Waals surface area contributed by atoms with E-state index in [0.717, 1.165) is 5.56 Å². The molecule has 4 heteroatoms. The van der Waals surface area contributed by atoms with Crippen LogP contribution in [0.2, 0.25) is 0 Å². The van der Waals surface area contributed by atoms with Crippen molar-refractivity contribution in [1.82, 2.24) is 4.90 Å². The lowest BCUT2D eigenvalue weighted by Crippen LogP contribution is -2.46. The van der Waals surface area contributed by atoms with E-state index >= 15 is 0 Å². The summed E-state index contributed by atoms with van der Waals surface area (Å²) in [6, 6.07) is 9.67. The lowest BCUT2D eigenvalue weighted by atomic mass is 9.93. The SMILES string of the molecule is CC(C)(C)OC(=O)N1CCC(=O)C(CC#Cc2ccccc2)C1. The highest BCUT2D eigenvalue weighted by Crippen LogP contribution is 2.19. The second kappa shape index (κ2) is 7.32. The van der Waals surface area contributed by atoms with Crippen molar-refractivity contribution in [3.63, 3.8) is 0 Å². The Hall–Kier alpha value is -2.28. The summed E-state index contributed by atoms with van der Waals surface area (Å²) in [6.45, 7) is 6.32. The van der Waals surface area contributed by atoms with Gasteiger partial charge in [0.1, 0.15) is 11.4 Å². The van der Waals surface area contributed by atoms with Gasteiger partial charge in [0.2, 0.25) is 0 Å². The zero-order chi connectivity index (χ0) is 16.9. The molecule has 1 heterocycles. The monoisotopic (exact) mass is 313 g/mol. The third kappa shape index (κ3) is 5.45. The molecule has 122 valence electrons. The van der Waals surface area contributed by atoms with E-state index in [0.29, 0.717) is 25.9 Å².